The number of anilines is 1. The Kier molecular flexibility index (Phi) is 6.29. The first kappa shape index (κ1) is 17.7. The van der Waals surface area contributed by atoms with Crippen LogP contribution < -0.4 is 10.6 Å². The number of nitrogens with one attached hydrogen (secondary N) is 2. The van der Waals surface area contributed by atoms with Gasteiger partial charge in [-0.1, -0.05) is 49.4 Å². The van der Waals surface area contributed by atoms with Crippen LogP contribution in [0.2, 0.25) is 5.02 Å². The Morgan fingerprint density at radius 2 is 1.80 bits per heavy atom. The summed E-state index contributed by atoms with van der Waals surface area (Å²) in [6, 6.07) is 11.7. The fourth-order valence-corrected chi connectivity index (χ4v) is 3.31. The van der Waals surface area contributed by atoms with Crippen molar-refractivity contribution in [3.63, 3.8) is 0 Å². The van der Waals surface area contributed by atoms with E-state index in [0.717, 1.165) is 11.3 Å². The maximum absolute atomic E-state index is 12.4. The summed E-state index contributed by atoms with van der Waals surface area (Å²) in [6.45, 7) is 0.456. The Morgan fingerprint density at radius 1 is 1.08 bits per heavy atom. The predicted octanol–water partition coefficient (Wildman–Crippen LogP) is 4.80. The first-order valence-corrected chi connectivity index (χ1v) is 9.34. The van der Waals surface area contributed by atoms with Gasteiger partial charge in [0.25, 0.3) is 5.91 Å². The van der Waals surface area contributed by atoms with E-state index in [4.69, 9.17) is 11.6 Å². The molecular formula is C20H24ClN3O. The van der Waals surface area contributed by atoms with Crippen LogP contribution in [0.1, 0.15) is 54.6 Å². The lowest BCUT2D eigenvalue weighted by Crippen LogP contribution is -2.24. The normalized spacial score (nSPS) is 15.4. The van der Waals surface area contributed by atoms with Crippen molar-refractivity contribution in [3.8, 4) is 0 Å². The van der Waals surface area contributed by atoms with Crippen LogP contribution >= 0.6 is 11.6 Å². The number of hydrogen-bond donors (Lipinski definition) is 2. The Balaban J connectivity index is 1.58. The van der Waals surface area contributed by atoms with Crippen molar-refractivity contribution in [2.75, 3.05) is 5.32 Å². The molecule has 1 fully saturated rings. The number of hydrogen-bond acceptors (Lipinski definition) is 3. The molecule has 1 saturated carbocycles. The fraction of sp³-hybridized carbons (Fsp3) is 0.400. The SMILES string of the molecule is O=C(NCc1ccc(Cl)cc1)c1cc(NC2CCCCCC2)ccn1. The van der Waals surface area contributed by atoms with E-state index in [1.165, 1.54) is 38.5 Å². The lowest BCUT2D eigenvalue weighted by molar-refractivity contribution is 0.0946. The Morgan fingerprint density at radius 3 is 2.52 bits per heavy atom. The highest BCUT2D eigenvalue weighted by Gasteiger charge is 2.13. The standard InChI is InChI=1S/C20H24ClN3O/c21-16-9-7-15(8-10-16)14-23-20(25)19-13-18(11-12-22-19)24-17-5-3-1-2-4-6-17/h7-13,17H,1-6,14H2,(H,22,24)(H,23,25). The van der Waals surface area contributed by atoms with E-state index in [2.05, 4.69) is 15.6 Å². The van der Waals surface area contributed by atoms with Gasteiger partial charge in [-0.25, -0.2) is 0 Å². The second-order valence-electron chi connectivity index (χ2n) is 6.57. The highest BCUT2D eigenvalue weighted by molar-refractivity contribution is 6.30. The van der Waals surface area contributed by atoms with E-state index in [0.29, 0.717) is 23.3 Å². The van der Waals surface area contributed by atoms with Gasteiger partial charge in [0, 0.05) is 29.5 Å². The lowest BCUT2D eigenvalue weighted by atomic mass is 10.1. The van der Waals surface area contributed by atoms with Crippen LogP contribution in [0.15, 0.2) is 42.6 Å². The Bertz CT molecular complexity index is 694. The summed E-state index contributed by atoms with van der Waals surface area (Å²) in [6.07, 6.45) is 9.28. The monoisotopic (exact) mass is 357 g/mol. The molecule has 0 atom stereocenters. The minimum atomic E-state index is -0.167. The molecule has 1 aromatic heterocycles. The van der Waals surface area contributed by atoms with Gasteiger partial charge in [0.1, 0.15) is 5.69 Å². The van der Waals surface area contributed by atoms with E-state index in [1.807, 2.05) is 36.4 Å². The average molecular weight is 358 g/mol. The number of carbonyl (C=O) groups excluding carboxylic acids is 1. The predicted molar refractivity (Wildman–Crippen MR) is 102 cm³/mol. The van der Waals surface area contributed by atoms with Gasteiger partial charge >= 0.3 is 0 Å². The number of halogens is 1. The zero-order chi connectivity index (χ0) is 17.5. The molecule has 2 aromatic rings. The van der Waals surface area contributed by atoms with Gasteiger partial charge in [-0.3, -0.25) is 9.78 Å². The van der Waals surface area contributed by atoms with Crippen molar-refractivity contribution in [2.24, 2.45) is 0 Å². The summed E-state index contributed by atoms with van der Waals surface area (Å²) in [5.74, 6) is -0.167. The maximum atomic E-state index is 12.4. The molecule has 1 aromatic carbocycles. The summed E-state index contributed by atoms with van der Waals surface area (Å²) < 4.78 is 0. The number of benzene rings is 1. The lowest BCUT2D eigenvalue weighted by Gasteiger charge is -2.17. The van der Waals surface area contributed by atoms with Gasteiger partial charge < -0.3 is 10.6 Å². The van der Waals surface area contributed by atoms with Crippen molar-refractivity contribution in [3.05, 3.63) is 58.9 Å². The molecule has 2 N–H and O–H groups in total. The van der Waals surface area contributed by atoms with E-state index < -0.39 is 0 Å². The molecule has 5 heteroatoms. The third-order valence-corrected chi connectivity index (χ3v) is 4.84. The topological polar surface area (TPSA) is 54.0 Å². The maximum Gasteiger partial charge on any atom is 0.270 e. The molecule has 1 heterocycles. The molecule has 1 amide bonds. The number of nitrogens with zero attached hydrogens (tertiary/aromatic N) is 1. The van der Waals surface area contributed by atoms with Gasteiger partial charge in [-0.2, -0.15) is 0 Å². The molecule has 1 aliphatic carbocycles. The molecule has 25 heavy (non-hydrogen) atoms. The highest BCUT2D eigenvalue weighted by atomic mass is 35.5. The zero-order valence-electron chi connectivity index (χ0n) is 14.3. The Hall–Kier alpha value is -2.07. The Labute approximate surface area is 154 Å². The smallest absolute Gasteiger partial charge is 0.270 e. The summed E-state index contributed by atoms with van der Waals surface area (Å²) in [5.41, 5.74) is 2.41. The zero-order valence-corrected chi connectivity index (χ0v) is 15.1. The number of pyridine rings is 1. The van der Waals surface area contributed by atoms with Crippen LogP contribution in [0, 0.1) is 0 Å². The first-order valence-electron chi connectivity index (χ1n) is 8.96. The van der Waals surface area contributed by atoms with Crippen LogP contribution in [0.5, 0.6) is 0 Å². The number of aromatic nitrogens is 1. The quantitative estimate of drug-likeness (QED) is 0.756. The van der Waals surface area contributed by atoms with Crippen LogP contribution in [0.4, 0.5) is 5.69 Å². The van der Waals surface area contributed by atoms with Crippen LogP contribution in [-0.4, -0.2) is 16.9 Å². The summed E-state index contributed by atoms with van der Waals surface area (Å²) in [5, 5.41) is 7.15. The van der Waals surface area contributed by atoms with E-state index in [-0.39, 0.29) is 5.91 Å². The minimum absolute atomic E-state index is 0.167. The van der Waals surface area contributed by atoms with Gasteiger partial charge in [-0.05, 0) is 42.7 Å². The second-order valence-corrected chi connectivity index (χ2v) is 7.01. The molecule has 1 aliphatic rings. The number of carbonyl (C=O) groups is 1. The molecule has 0 saturated heterocycles. The van der Waals surface area contributed by atoms with Crippen LogP contribution in [0.3, 0.4) is 0 Å². The third-order valence-electron chi connectivity index (χ3n) is 4.58. The molecule has 0 spiro atoms. The summed E-state index contributed by atoms with van der Waals surface area (Å²) >= 11 is 5.87. The summed E-state index contributed by atoms with van der Waals surface area (Å²) in [7, 11) is 0. The highest BCUT2D eigenvalue weighted by Crippen LogP contribution is 2.21. The molecule has 4 nitrogen and oxygen atoms in total. The number of rotatable bonds is 5. The van der Waals surface area contributed by atoms with Crippen molar-refractivity contribution in [1.82, 2.24) is 10.3 Å². The molecular weight excluding hydrogens is 334 g/mol. The molecule has 0 aliphatic heterocycles. The van der Waals surface area contributed by atoms with Crippen molar-refractivity contribution in [2.45, 2.75) is 51.1 Å². The average Bonchev–Trinajstić information content (AvgIpc) is 2.90. The van der Waals surface area contributed by atoms with Gasteiger partial charge in [0.2, 0.25) is 0 Å². The second kappa shape index (κ2) is 8.86. The molecule has 0 radical (unpaired) electrons. The molecule has 3 rings (SSSR count). The largest absolute Gasteiger partial charge is 0.382 e. The van der Waals surface area contributed by atoms with Crippen LogP contribution in [0.25, 0.3) is 0 Å². The third kappa shape index (κ3) is 5.46. The minimum Gasteiger partial charge on any atom is -0.382 e. The summed E-state index contributed by atoms with van der Waals surface area (Å²) in [4.78, 5) is 16.6. The molecule has 132 valence electrons. The van der Waals surface area contributed by atoms with Gasteiger partial charge in [0.15, 0.2) is 0 Å². The van der Waals surface area contributed by atoms with Crippen molar-refractivity contribution in [1.29, 1.82) is 0 Å². The fourth-order valence-electron chi connectivity index (χ4n) is 3.18. The molecule has 0 unspecified atom stereocenters. The van der Waals surface area contributed by atoms with Crippen LogP contribution in [-0.2, 0) is 6.54 Å². The van der Waals surface area contributed by atoms with E-state index >= 15 is 0 Å². The van der Waals surface area contributed by atoms with Gasteiger partial charge in [-0.15, -0.1) is 0 Å². The van der Waals surface area contributed by atoms with E-state index in [9.17, 15) is 4.79 Å². The van der Waals surface area contributed by atoms with Crippen molar-refractivity contribution < 1.29 is 4.79 Å². The first-order chi connectivity index (χ1) is 12.2. The van der Waals surface area contributed by atoms with Crippen molar-refractivity contribution >= 4 is 23.2 Å². The number of amides is 1. The van der Waals surface area contributed by atoms with E-state index in [1.54, 1.807) is 6.20 Å². The molecule has 0 bridgehead atoms. The van der Waals surface area contributed by atoms with Gasteiger partial charge in [0.05, 0.1) is 0 Å².